The summed E-state index contributed by atoms with van der Waals surface area (Å²) in [7, 11) is 0. The Bertz CT molecular complexity index is 278. The van der Waals surface area contributed by atoms with Crippen LogP contribution in [0, 0.1) is 5.92 Å². The van der Waals surface area contributed by atoms with Gasteiger partial charge in [-0.3, -0.25) is 4.98 Å². The normalized spacial score (nSPS) is 26.2. The molecule has 1 aromatic heterocycles. The highest BCUT2D eigenvalue weighted by atomic mass is 16.5. The van der Waals surface area contributed by atoms with Crippen LogP contribution in [0.3, 0.4) is 0 Å². The van der Waals surface area contributed by atoms with Crippen molar-refractivity contribution in [2.24, 2.45) is 5.92 Å². The van der Waals surface area contributed by atoms with E-state index in [1.807, 2.05) is 12.1 Å². The molecule has 2 rings (SSSR count). The lowest BCUT2D eigenvalue weighted by Crippen LogP contribution is -2.23. The molecule has 2 heteroatoms. The molecule has 1 saturated carbocycles. The van der Waals surface area contributed by atoms with Gasteiger partial charge in [-0.2, -0.15) is 0 Å². The zero-order valence-corrected chi connectivity index (χ0v) is 9.36. The van der Waals surface area contributed by atoms with Crippen LogP contribution in [0.25, 0.3) is 0 Å². The van der Waals surface area contributed by atoms with Crippen molar-refractivity contribution in [3.05, 3.63) is 24.5 Å². The summed E-state index contributed by atoms with van der Waals surface area (Å²) in [5.41, 5.74) is 0. The van der Waals surface area contributed by atoms with Gasteiger partial charge in [0.25, 0.3) is 0 Å². The lowest BCUT2D eigenvalue weighted by atomic mass is 9.86. The molecule has 0 bridgehead atoms. The fourth-order valence-corrected chi connectivity index (χ4v) is 2.27. The van der Waals surface area contributed by atoms with E-state index >= 15 is 0 Å². The van der Waals surface area contributed by atoms with E-state index in [1.54, 1.807) is 12.4 Å². The Labute approximate surface area is 91.7 Å². The van der Waals surface area contributed by atoms with Crippen LogP contribution < -0.4 is 4.74 Å². The van der Waals surface area contributed by atoms with E-state index in [9.17, 15) is 0 Å². The van der Waals surface area contributed by atoms with Gasteiger partial charge in [-0.25, -0.2) is 0 Å². The standard InChI is InChI=1S/C13H19NO/c1-2-11-3-5-12(6-4-11)15-13-7-9-14-10-8-13/h7-12H,2-6H2,1H3/t11-,12-. The number of hydrogen-bond acceptors (Lipinski definition) is 2. The molecule has 2 nitrogen and oxygen atoms in total. The number of aromatic nitrogens is 1. The molecule has 1 aliphatic rings. The van der Waals surface area contributed by atoms with Gasteiger partial charge in [0.15, 0.2) is 0 Å². The van der Waals surface area contributed by atoms with Crippen LogP contribution in [-0.2, 0) is 0 Å². The molecule has 1 heterocycles. The first-order valence-electron chi connectivity index (χ1n) is 5.95. The number of nitrogens with zero attached hydrogens (tertiary/aromatic N) is 1. The van der Waals surface area contributed by atoms with Crippen LogP contribution in [-0.4, -0.2) is 11.1 Å². The molecule has 1 fully saturated rings. The second-order valence-corrected chi connectivity index (χ2v) is 4.35. The van der Waals surface area contributed by atoms with Crippen molar-refractivity contribution in [3.63, 3.8) is 0 Å². The highest BCUT2D eigenvalue weighted by Crippen LogP contribution is 2.28. The molecule has 0 amide bonds. The number of rotatable bonds is 3. The lowest BCUT2D eigenvalue weighted by molar-refractivity contribution is 0.130. The summed E-state index contributed by atoms with van der Waals surface area (Å²) >= 11 is 0. The molecule has 0 saturated heterocycles. The second kappa shape index (κ2) is 5.15. The summed E-state index contributed by atoms with van der Waals surface area (Å²) in [4.78, 5) is 3.98. The molecule has 0 atom stereocenters. The van der Waals surface area contributed by atoms with Crippen LogP contribution in [0.2, 0.25) is 0 Å². The first-order valence-corrected chi connectivity index (χ1v) is 5.95. The molecule has 0 aliphatic heterocycles. The molecule has 0 unspecified atom stereocenters. The highest BCUT2D eigenvalue weighted by Gasteiger charge is 2.20. The molecule has 0 radical (unpaired) electrons. The largest absolute Gasteiger partial charge is 0.490 e. The van der Waals surface area contributed by atoms with Crippen molar-refractivity contribution in [2.75, 3.05) is 0 Å². The zero-order chi connectivity index (χ0) is 10.5. The SMILES string of the molecule is CC[C@H]1CC[C@H](Oc2ccncc2)CC1. The van der Waals surface area contributed by atoms with Gasteiger partial charge < -0.3 is 4.74 Å². The minimum Gasteiger partial charge on any atom is -0.490 e. The zero-order valence-electron chi connectivity index (χ0n) is 9.36. The van der Waals surface area contributed by atoms with E-state index in [-0.39, 0.29) is 0 Å². The maximum absolute atomic E-state index is 5.91. The average Bonchev–Trinajstić information content (AvgIpc) is 2.31. The Morgan fingerprint density at radius 2 is 1.87 bits per heavy atom. The van der Waals surface area contributed by atoms with E-state index in [0.29, 0.717) is 6.10 Å². The third kappa shape index (κ3) is 2.95. The van der Waals surface area contributed by atoms with Gasteiger partial charge in [-0.15, -0.1) is 0 Å². The van der Waals surface area contributed by atoms with Gasteiger partial charge in [0.05, 0.1) is 6.10 Å². The van der Waals surface area contributed by atoms with Crippen molar-refractivity contribution in [3.8, 4) is 5.75 Å². The van der Waals surface area contributed by atoms with E-state index in [1.165, 1.54) is 32.1 Å². The molecule has 15 heavy (non-hydrogen) atoms. The minimum absolute atomic E-state index is 0.426. The van der Waals surface area contributed by atoms with E-state index in [0.717, 1.165) is 11.7 Å². The first-order chi connectivity index (χ1) is 7.38. The van der Waals surface area contributed by atoms with Gasteiger partial charge in [0.1, 0.15) is 5.75 Å². The van der Waals surface area contributed by atoms with Gasteiger partial charge >= 0.3 is 0 Å². The summed E-state index contributed by atoms with van der Waals surface area (Å²) < 4.78 is 5.91. The third-order valence-electron chi connectivity index (χ3n) is 3.32. The van der Waals surface area contributed by atoms with Crippen LogP contribution in [0.15, 0.2) is 24.5 Å². The Balaban J connectivity index is 1.82. The van der Waals surface area contributed by atoms with Crippen LogP contribution in [0.4, 0.5) is 0 Å². The number of hydrogen-bond donors (Lipinski definition) is 0. The number of pyridine rings is 1. The molecular weight excluding hydrogens is 186 g/mol. The summed E-state index contributed by atoms with van der Waals surface area (Å²) in [6.07, 6.45) is 10.4. The molecular formula is C13H19NO. The number of ether oxygens (including phenoxy) is 1. The van der Waals surface area contributed by atoms with E-state index < -0.39 is 0 Å². The van der Waals surface area contributed by atoms with Gasteiger partial charge in [-0.05, 0) is 43.7 Å². The molecule has 0 N–H and O–H groups in total. The maximum atomic E-state index is 5.91. The van der Waals surface area contributed by atoms with E-state index in [4.69, 9.17) is 4.74 Å². The average molecular weight is 205 g/mol. The van der Waals surface area contributed by atoms with Gasteiger partial charge in [-0.1, -0.05) is 13.3 Å². The Kier molecular flexibility index (Phi) is 3.59. The monoisotopic (exact) mass is 205 g/mol. The Morgan fingerprint density at radius 3 is 2.47 bits per heavy atom. The summed E-state index contributed by atoms with van der Waals surface area (Å²) in [5.74, 6) is 1.90. The van der Waals surface area contributed by atoms with Gasteiger partial charge in [0, 0.05) is 12.4 Å². The summed E-state index contributed by atoms with van der Waals surface area (Å²) in [6, 6.07) is 3.87. The maximum Gasteiger partial charge on any atom is 0.122 e. The molecule has 0 aromatic carbocycles. The fraction of sp³-hybridized carbons (Fsp3) is 0.615. The van der Waals surface area contributed by atoms with Gasteiger partial charge in [0.2, 0.25) is 0 Å². The molecule has 1 aromatic rings. The van der Waals surface area contributed by atoms with Crippen LogP contribution in [0.5, 0.6) is 5.75 Å². The lowest BCUT2D eigenvalue weighted by Gasteiger charge is -2.28. The van der Waals surface area contributed by atoms with E-state index in [2.05, 4.69) is 11.9 Å². The molecule has 0 spiro atoms. The van der Waals surface area contributed by atoms with Crippen LogP contribution in [0.1, 0.15) is 39.0 Å². The fourth-order valence-electron chi connectivity index (χ4n) is 2.27. The molecule has 1 aliphatic carbocycles. The third-order valence-corrected chi connectivity index (χ3v) is 3.32. The summed E-state index contributed by atoms with van der Waals surface area (Å²) in [5, 5.41) is 0. The topological polar surface area (TPSA) is 22.1 Å². The molecule has 82 valence electrons. The first kappa shape index (κ1) is 10.5. The van der Waals surface area contributed by atoms with Crippen LogP contribution >= 0.6 is 0 Å². The van der Waals surface area contributed by atoms with Crippen molar-refractivity contribution in [2.45, 2.75) is 45.1 Å². The van der Waals surface area contributed by atoms with Crippen molar-refractivity contribution < 1.29 is 4.74 Å². The Hall–Kier alpha value is -1.05. The summed E-state index contributed by atoms with van der Waals surface area (Å²) in [6.45, 7) is 2.29. The minimum atomic E-state index is 0.426. The smallest absolute Gasteiger partial charge is 0.122 e. The van der Waals surface area contributed by atoms with Crippen molar-refractivity contribution in [1.29, 1.82) is 0 Å². The quantitative estimate of drug-likeness (QED) is 0.754. The Morgan fingerprint density at radius 1 is 1.20 bits per heavy atom. The highest BCUT2D eigenvalue weighted by molar-refractivity contribution is 5.17. The predicted molar refractivity (Wildman–Crippen MR) is 60.9 cm³/mol. The van der Waals surface area contributed by atoms with Crippen molar-refractivity contribution in [1.82, 2.24) is 4.98 Å². The second-order valence-electron chi connectivity index (χ2n) is 4.35. The van der Waals surface area contributed by atoms with Crippen molar-refractivity contribution >= 4 is 0 Å². The predicted octanol–water partition coefficient (Wildman–Crippen LogP) is 3.43.